The van der Waals surface area contributed by atoms with Gasteiger partial charge in [-0.2, -0.15) is 0 Å². The lowest BCUT2D eigenvalue weighted by Gasteiger charge is -2.26. The van der Waals surface area contributed by atoms with Crippen molar-refractivity contribution >= 4 is 15.9 Å². The number of rotatable bonds is 7. The molecule has 0 N–H and O–H groups in total. The maximum Gasteiger partial charge on any atom is 0.0648 e. The van der Waals surface area contributed by atoms with Crippen LogP contribution >= 0.6 is 15.9 Å². The highest BCUT2D eigenvalue weighted by Crippen LogP contribution is 2.22. The predicted octanol–water partition coefficient (Wildman–Crippen LogP) is 4.31. The molecule has 0 fully saturated rings. The van der Waals surface area contributed by atoms with Gasteiger partial charge in [-0.25, -0.2) is 0 Å². The smallest absolute Gasteiger partial charge is 0.0648 e. The summed E-state index contributed by atoms with van der Waals surface area (Å²) in [5.41, 5.74) is 1.55. The molecule has 0 bridgehead atoms. The molecular weight excluding hydrogens is 240 g/mol. The second-order valence-corrected chi connectivity index (χ2v) is 4.71. The summed E-state index contributed by atoms with van der Waals surface area (Å²) in [6.07, 6.45) is 6.87. The molecule has 0 rings (SSSR count). The number of alkyl halides is 1. The maximum atomic E-state index is 5.50. The van der Waals surface area contributed by atoms with Crippen LogP contribution in [0.15, 0.2) is 11.6 Å². The van der Waals surface area contributed by atoms with Crippen LogP contribution in [0.4, 0.5) is 0 Å². The van der Waals surface area contributed by atoms with E-state index in [-0.39, 0.29) is 5.60 Å². The molecule has 0 amide bonds. The number of hydrogen-bond acceptors (Lipinski definition) is 1. The minimum Gasteiger partial charge on any atom is -0.379 e. The Balaban J connectivity index is 3.77. The van der Waals surface area contributed by atoms with Crippen molar-refractivity contribution < 1.29 is 4.74 Å². The van der Waals surface area contributed by atoms with Gasteiger partial charge in [-0.05, 0) is 39.5 Å². The molecule has 14 heavy (non-hydrogen) atoms. The zero-order chi connectivity index (χ0) is 11.0. The van der Waals surface area contributed by atoms with Gasteiger partial charge in [-0.3, -0.25) is 0 Å². The standard InChI is InChI=1S/C12H23BrO/c1-5-12(3,14-4)9-6-7-11(2)8-10-13/h8H,5-7,9-10H2,1-4H3. The first-order valence-corrected chi connectivity index (χ1v) is 6.47. The highest BCUT2D eigenvalue weighted by Gasteiger charge is 2.19. The summed E-state index contributed by atoms with van der Waals surface area (Å²) in [6.45, 7) is 6.57. The van der Waals surface area contributed by atoms with Gasteiger partial charge in [-0.15, -0.1) is 0 Å². The van der Waals surface area contributed by atoms with Crippen LogP contribution in [-0.4, -0.2) is 18.0 Å². The molecule has 1 nitrogen and oxygen atoms in total. The van der Waals surface area contributed by atoms with E-state index in [1.54, 1.807) is 0 Å². The van der Waals surface area contributed by atoms with E-state index in [0.717, 1.165) is 18.2 Å². The third kappa shape index (κ3) is 5.82. The van der Waals surface area contributed by atoms with Crippen LogP contribution < -0.4 is 0 Å². The maximum absolute atomic E-state index is 5.50. The Hall–Kier alpha value is 0.180. The Morgan fingerprint density at radius 2 is 2.14 bits per heavy atom. The number of hydrogen-bond donors (Lipinski definition) is 0. The van der Waals surface area contributed by atoms with Crippen LogP contribution in [0.5, 0.6) is 0 Å². The largest absolute Gasteiger partial charge is 0.379 e. The van der Waals surface area contributed by atoms with Gasteiger partial charge in [-0.1, -0.05) is 34.5 Å². The van der Waals surface area contributed by atoms with Gasteiger partial charge in [0.25, 0.3) is 0 Å². The van der Waals surface area contributed by atoms with Crippen LogP contribution in [0, 0.1) is 0 Å². The number of ether oxygens (including phenoxy) is 1. The van der Waals surface area contributed by atoms with Crippen molar-refractivity contribution in [3.05, 3.63) is 11.6 Å². The van der Waals surface area contributed by atoms with Crippen molar-refractivity contribution in [2.45, 2.75) is 52.1 Å². The van der Waals surface area contributed by atoms with Crippen molar-refractivity contribution in [3.63, 3.8) is 0 Å². The molecule has 0 heterocycles. The van der Waals surface area contributed by atoms with Gasteiger partial charge >= 0.3 is 0 Å². The van der Waals surface area contributed by atoms with Crippen molar-refractivity contribution in [2.24, 2.45) is 0 Å². The first-order chi connectivity index (χ1) is 6.58. The third-order valence-electron chi connectivity index (χ3n) is 2.94. The second-order valence-electron chi connectivity index (χ2n) is 4.07. The van der Waals surface area contributed by atoms with Crippen LogP contribution in [0.1, 0.15) is 46.5 Å². The van der Waals surface area contributed by atoms with E-state index >= 15 is 0 Å². The Bertz CT molecular complexity index is 171. The molecule has 0 aromatic heterocycles. The average Bonchev–Trinajstić information content (AvgIpc) is 2.18. The van der Waals surface area contributed by atoms with E-state index in [1.807, 2.05) is 7.11 Å². The predicted molar refractivity (Wildman–Crippen MR) is 67.1 cm³/mol. The molecule has 0 aromatic rings. The van der Waals surface area contributed by atoms with Crippen LogP contribution in [0.25, 0.3) is 0 Å². The van der Waals surface area contributed by atoms with Crippen LogP contribution in [0.3, 0.4) is 0 Å². The minimum absolute atomic E-state index is 0.0781. The highest BCUT2D eigenvalue weighted by molar-refractivity contribution is 9.09. The lowest BCUT2D eigenvalue weighted by molar-refractivity contribution is -0.00563. The molecule has 0 saturated heterocycles. The first-order valence-electron chi connectivity index (χ1n) is 5.34. The topological polar surface area (TPSA) is 9.23 Å². The molecule has 0 saturated carbocycles. The molecule has 0 aliphatic rings. The van der Waals surface area contributed by atoms with E-state index in [4.69, 9.17) is 4.74 Å². The molecule has 0 spiro atoms. The quantitative estimate of drug-likeness (QED) is 0.491. The molecule has 84 valence electrons. The van der Waals surface area contributed by atoms with Crippen molar-refractivity contribution in [1.82, 2.24) is 0 Å². The Morgan fingerprint density at radius 1 is 1.50 bits per heavy atom. The van der Waals surface area contributed by atoms with E-state index in [1.165, 1.54) is 18.4 Å². The molecule has 0 aromatic carbocycles. The van der Waals surface area contributed by atoms with Crippen LogP contribution in [0.2, 0.25) is 0 Å². The summed E-state index contributed by atoms with van der Waals surface area (Å²) in [5, 5.41) is 0.966. The van der Waals surface area contributed by atoms with E-state index in [0.29, 0.717) is 0 Å². The van der Waals surface area contributed by atoms with Crippen molar-refractivity contribution in [2.75, 3.05) is 12.4 Å². The number of allylic oxidation sites excluding steroid dienone is 2. The summed E-state index contributed by atoms with van der Waals surface area (Å²) in [5.74, 6) is 0. The normalized spacial score (nSPS) is 16.8. The molecule has 0 aliphatic carbocycles. The zero-order valence-corrected chi connectivity index (χ0v) is 11.5. The van der Waals surface area contributed by atoms with Gasteiger partial charge < -0.3 is 4.74 Å². The summed E-state index contributed by atoms with van der Waals surface area (Å²) in [7, 11) is 1.81. The molecule has 0 radical (unpaired) electrons. The summed E-state index contributed by atoms with van der Waals surface area (Å²) in [6, 6.07) is 0. The Morgan fingerprint density at radius 3 is 2.57 bits per heavy atom. The number of methoxy groups -OCH3 is 1. The average molecular weight is 263 g/mol. The fourth-order valence-corrected chi connectivity index (χ4v) is 1.95. The van der Waals surface area contributed by atoms with E-state index in [2.05, 4.69) is 42.8 Å². The number of halogens is 1. The highest BCUT2D eigenvalue weighted by atomic mass is 79.9. The third-order valence-corrected chi connectivity index (χ3v) is 3.27. The SMILES string of the molecule is CCC(C)(CCCC(C)=CCBr)OC. The molecule has 1 atom stereocenters. The molecule has 1 unspecified atom stereocenters. The fourth-order valence-electron chi connectivity index (χ4n) is 1.40. The summed E-state index contributed by atoms with van der Waals surface area (Å²) < 4.78 is 5.50. The summed E-state index contributed by atoms with van der Waals surface area (Å²) >= 11 is 3.41. The second kappa shape index (κ2) is 7.47. The Kier molecular flexibility index (Phi) is 7.56. The summed E-state index contributed by atoms with van der Waals surface area (Å²) in [4.78, 5) is 0. The van der Waals surface area contributed by atoms with Crippen molar-refractivity contribution in [3.8, 4) is 0 Å². The first kappa shape index (κ1) is 14.2. The lowest BCUT2D eigenvalue weighted by Crippen LogP contribution is -2.25. The molecular formula is C12H23BrO. The van der Waals surface area contributed by atoms with Crippen molar-refractivity contribution in [1.29, 1.82) is 0 Å². The van der Waals surface area contributed by atoms with Crippen LogP contribution in [-0.2, 0) is 4.74 Å². The monoisotopic (exact) mass is 262 g/mol. The molecule has 0 aliphatic heterocycles. The van der Waals surface area contributed by atoms with Gasteiger partial charge in [0.05, 0.1) is 5.60 Å². The zero-order valence-electron chi connectivity index (χ0n) is 9.90. The van der Waals surface area contributed by atoms with Gasteiger partial charge in [0.15, 0.2) is 0 Å². The van der Waals surface area contributed by atoms with Gasteiger partial charge in [0.1, 0.15) is 0 Å². The minimum atomic E-state index is 0.0781. The fraction of sp³-hybridized carbons (Fsp3) is 0.833. The van der Waals surface area contributed by atoms with Gasteiger partial charge in [0.2, 0.25) is 0 Å². The van der Waals surface area contributed by atoms with Gasteiger partial charge in [0, 0.05) is 12.4 Å². The van der Waals surface area contributed by atoms with E-state index in [9.17, 15) is 0 Å². The van der Waals surface area contributed by atoms with E-state index < -0.39 is 0 Å². The molecule has 2 heteroatoms. The lowest BCUT2D eigenvalue weighted by atomic mass is 9.94. The Labute approximate surface area is 97.0 Å².